The van der Waals surface area contributed by atoms with Crippen molar-refractivity contribution in [2.45, 2.75) is 11.5 Å². The number of allylic oxidation sites excluding steroid dienone is 2. The van der Waals surface area contributed by atoms with E-state index in [1.165, 1.54) is 0 Å². The van der Waals surface area contributed by atoms with Crippen LogP contribution < -0.4 is 0 Å². The zero-order valence-electron chi connectivity index (χ0n) is 19.1. The van der Waals surface area contributed by atoms with Gasteiger partial charge in [-0.05, 0) is 47.0 Å². The maximum Gasteiger partial charge on any atom is 0.275 e. The molecule has 0 fully saturated rings. The molecule has 6 rings (SSSR count). The van der Waals surface area contributed by atoms with Crippen LogP contribution >= 0.6 is 11.6 Å². The number of hydrogen-bond donors (Lipinski definition) is 1. The lowest BCUT2D eigenvalue weighted by Crippen LogP contribution is -2.44. The highest BCUT2D eigenvalue weighted by atomic mass is 35.5. The summed E-state index contributed by atoms with van der Waals surface area (Å²) in [6, 6.07) is 33.4. The molecule has 1 heterocycles. The minimum atomic E-state index is -0.900. The molecule has 0 amide bonds. The van der Waals surface area contributed by atoms with E-state index in [2.05, 4.69) is 17.2 Å². The molecule has 0 aliphatic heterocycles. The Hall–Kier alpha value is -4.42. The number of rotatable bonds is 4. The van der Waals surface area contributed by atoms with E-state index in [1.807, 2.05) is 102 Å². The molecule has 1 aliphatic carbocycles. The van der Waals surface area contributed by atoms with Gasteiger partial charge in [0.25, 0.3) is 5.71 Å². The molecule has 36 heavy (non-hydrogen) atoms. The minimum Gasteiger partial charge on any atom is -0.417 e. The van der Waals surface area contributed by atoms with Crippen molar-refractivity contribution in [3.05, 3.63) is 148 Å². The van der Waals surface area contributed by atoms with Crippen LogP contribution in [0.1, 0.15) is 28.2 Å². The van der Waals surface area contributed by atoms with Gasteiger partial charge in [0, 0.05) is 21.9 Å². The van der Waals surface area contributed by atoms with E-state index in [9.17, 15) is 10.4 Å². The van der Waals surface area contributed by atoms with E-state index in [4.69, 9.17) is 16.8 Å². The van der Waals surface area contributed by atoms with Gasteiger partial charge in [-0.15, -0.1) is 5.10 Å². The van der Waals surface area contributed by atoms with Crippen molar-refractivity contribution in [3.8, 4) is 0 Å². The SMILES string of the molecule is [O-]/[N+](O)=C1/C=CC(C(c2ccccc2)(c2ccc(Cl)cc2)n2nnc3ccccc32)c2ccccc21. The summed E-state index contributed by atoms with van der Waals surface area (Å²) in [5.74, 6) is -0.314. The smallest absolute Gasteiger partial charge is 0.275 e. The van der Waals surface area contributed by atoms with Crippen molar-refractivity contribution in [1.82, 2.24) is 15.0 Å². The molecule has 1 N–H and O–H groups in total. The molecule has 7 heteroatoms. The molecule has 176 valence electrons. The number of fused-ring (bicyclic) bond motifs is 2. The normalized spacial score (nSPS) is 18.0. The topological polar surface area (TPSA) is 77.0 Å². The second kappa shape index (κ2) is 8.66. The first-order chi connectivity index (χ1) is 17.6. The highest BCUT2D eigenvalue weighted by molar-refractivity contribution is 6.30. The lowest BCUT2D eigenvalue weighted by molar-refractivity contribution is -0.725. The molecular formula is C29H21ClN4O2. The standard InChI is InChI=1S/C29H21ClN4O2/c30-22-16-14-21(15-17-22)29(20-8-2-1-3-9-20,33-28-13-7-6-12-26(28)31-32-33)25-18-19-27(34(35)36)24-11-5-4-10-23(24)25/h1-19,25H,(H,35,36). The highest BCUT2D eigenvalue weighted by Gasteiger charge is 2.48. The lowest BCUT2D eigenvalue weighted by atomic mass is 9.67. The van der Waals surface area contributed by atoms with E-state index in [1.54, 1.807) is 6.08 Å². The fourth-order valence-corrected chi connectivity index (χ4v) is 5.47. The third-order valence-electron chi connectivity index (χ3n) is 6.86. The second-order valence-electron chi connectivity index (χ2n) is 8.71. The maximum atomic E-state index is 12.0. The predicted octanol–water partition coefficient (Wildman–Crippen LogP) is 5.92. The summed E-state index contributed by atoms with van der Waals surface area (Å²) in [6.07, 6.45) is 3.63. The molecule has 2 atom stereocenters. The molecular weight excluding hydrogens is 472 g/mol. The van der Waals surface area contributed by atoms with Crippen LogP contribution in [0.3, 0.4) is 0 Å². The van der Waals surface area contributed by atoms with Crippen LogP contribution in [0.25, 0.3) is 11.0 Å². The Morgan fingerprint density at radius 1 is 0.833 bits per heavy atom. The van der Waals surface area contributed by atoms with Gasteiger partial charge in [0.15, 0.2) is 0 Å². The fraction of sp³-hybridized carbons (Fsp3) is 0.0690. The molecule has 0 saturated heterocycles. The van der Waals surface area contributed by atoms with Gasteiger partial charge in [0.2, 0.25) is 0 Å². The quantitative estimate of drug-likeness (QED) is 0.192. The van der Waals surface area contributed by atoms with Crippen LogP contribution in [0.15, 0.2) is 115 Å². The Balaban J connectivity index is 1.78. The molecule has 0 bridgehead atoms. The monoisotopic (exact) mass is 492 g/mol. The number of halogens is 1. The zero-order valence-corrected chi connectivity index (χ0v) is 19.8. The van der Waals surface area contributed by atoms with Gasteiger partial charge in [-0.1, -0.05) is 95.7 Å². The number of nitrogens with zero attached hydrogens (tertiary/aromatic N) is 4. The Bertz CT molecular complexity index is 1620. The van der Waals surface area contributed by atoms with Gasteiger partial charge < -0.3 is 5.21 Å². The maximum absolute atomic E-state index is 12.0. The van der Waals surface area contributed by atoms with Crippen LogP contribution in [0.4, 0.5) is 0 Å². The molecule has 1 aromatic heterocycles. The van der Waals surface area contributed by atoms with Gasteiger partial charge in [-0.25, -0.2) is 4.68 Å². The summed E-state index contributed by atoms with van der Waals surface area (Å²) < 4.78 is 1.96. The van der Waals surface area contributed by atoms with Gasteiger partial charge in [0.05, 0.1) is 11.1 Å². The van der Waals surface area contributed by atoms with Gasteiger partial charge >= 0.3 is 0 Å². The first-order valence-corrected chi connectivity index (χ1v) is 11.9. The molecule has 0 spiro atoms. The molecule has 6 nitrogen and oxygen atoms in total. The van der Waals surface area contributed by atoms with Crippen molar-refractivity contribution in [1.29, 1.82) is 0 Å². The van der Waals surface area contributed by atoms with Crippen LogP contribution in [0, 0.1) is 5.21 Å². The summed E-state index contributed by atoms with van der Waals surface area (Å²) in [5.41, 5.74) is 4.39. The molecule has 0 saturated carbocycles. The molecule has 5 aromatic rings. The summed E-state index contributed by atoms with van der Waals surface area (Å²) in [7, 11) is 0. The first kappa shape index (κ1) is 22.1. The number of benzene rings is 4. The molecule has 0 radical (unpaired) electrons. The van der Waals surface area contributed by atoms with Crippen molar-refractivity contribution in [3.63, 3.8) is 0 Å². The second-order valence-corrected chi connectivity index (χ2v) is 9.15. The summed E-state index contributed by atoms with van der Waals surface area (Å²) in [5, 5.41) is 31.7. The van der Waals surface area contributed by atoms with Crippen molar-refractivity contribution < 1.29 is 10.1 Å². The summed E-state index contributed by atoms with van der Waals surface area (Å²) in [4.78, 5) is -0.0805. The van der Waals surface area contributed by atoms with E-state index in [0.29, 0.717) is 10.6 Å². The van der Waals surface area contributed by atoms with Crippen molar-refractivity contribution in [2.75, 3.05) is 0 Å². The Morgan fingerprint density at radius 3 is 2.28 bits per heavy atom. The average Bonchev–Trinajstić information content (AvgIpc) is 3.35. The Labute approximate surface area is 212 Å². The van der Waals surface area contributed by atoms with E-state index >= 15 is 0 Å². The van der Waals surface area contributed by atoms with Gasteiger partial charge in [0.1, 0.15) is 11.1 Å². The predicted molar refractivity (Wildman–Crippen MR) is 139 cm³/mol. The van der Waals surface area contributed by atoms with Crippen LogP contribution in [0.2, 0.25) is 5.02 Å². The third kappa shape index (κ3) is 3.30. The third-order valence-corrected chi connectivity index (χ3v) is 7.11. The number of hydrogen-bond acceptors (Lipinski definition) is 4. The van der Waals surface area contributed by atoms with E-state index < -0.39 is 5.54 Å². The average molecular weight is 493 g/mol. The van der Waals surface area contributed by atoms with Crippen molar-refractivity contribution in [2.24, 2.45) is 0 Å². The van der Waals surface area contributed by atoms with Crippen LogP contribution in [0.5, 0.6) is 0 Å². The highest BCUT2D eigenvalue weighted by Crippen LogP contribution is 2.49. The number of aromatic nitrogens is 3. The summed E-state index contributed by atoms with van der Waals surface area (Å²) >= 11 is 6.33. The minimum absolute atomic E-state index is 0.0805. The van der Waals surface area contributed by atoms with Crippen LogP contribution in [-0.4, -0.2) is 30.8 Å². The summed E-state index contributed by atoms with van der Waals surface area (Å²) in [6.45, 7) is 0. The van der Waals surface area contributed by atoms with E-state index in [-0.39, 0.29) is 16.5 Å². The largest absolute Gasteiger partial charge is 0.417 e. The molecule has 1 aliphatic rings. The molecule has 4 aromatic carbocycles. The van der Waals surface area contributed by atoms with Gasteiger partial charge in [-0.2, -0.15) is 0 Å². The lowest BCUT2D eigenvalue weighted by Gasteiger charge is -2.42. The van der Waals surface area contributed by atoms with Crippen LogP contribution in [-0.2, 0) is 5.54 Å². The van der Waals surface area contributed by atoms with Gasteiger partial charge in [-0.3, -0.25) is 5.21 Å². The first-order valence-electron chi connectivity index (χ1n) is 11.5. The molecule has 2 unspecified atom stereocenters. The van der Waals surface area contributed by atoms with Crippen molar-refractivity contribution >= 4 is 28.3 Å². The zero-order chi connectivity index (χ0) is 24.7. The Kier molecular flexibility index (Phi) is 5.31. The number of para-hydroxylation sites is 1. The Morgan fingerprint density at radius 2 is 1.50 bits per heavy atom. The van der Waals surface area contributed by atoms with E-state index in [0.717, 1.165) is 27.7 Å². The fourth-order valence-electron chi connectivity index (χ4n) is 5.34.